The maximum Gasteiger partial charge on any atom is 0.122 e. The Balaban J connectivity index is 1.63. The van der Waals surface area contributed by atoms with Crippen LogP contribution in [0.15, 0.2) is 36.7 Å². The molecular formula is C17H22N2O. The molecule has 0 bridgehead atoms. The standard InChI is InChI=1S/C17H22N2O/c1-13(18-2)16-6-9-19(12-16)8-5-14-3-4-17-15(11-14)7-10-20-17/h3-4,6,9,11-13,18H,5,7-8,10H2,1-2H3. The van der Waals surface area contributed by atoms with Crippen molar-refractivity contribution in [3.8, 4) is 5.75 Å². The molecule has 1 aromatic heterocycles. The molecule has 1 unspecified atom stereocenters. The van der Waals surface area contributed by atoms with Crippen molar-refractivity contribution in [2.45, 2.75) is 32.4 Å². The van der Waals surface area contributed by atoms with E-state index in [0.717, 1.165) is 31.7 Å². The maximum atomic E-state index is 5.55. The van der Waals surface area contributed by atoms with Crippen LogP contribution >= 0.6 is 0 Å². The Morgan fingerprint density at radius 2 is 2.25 bits per heavy atom. The number of benzene rings is 1. The normalized spacial score (nSPS) is 14.9. The molecule has 1 aromatic carbocycles. The zero-order valence-electron chi connectivity index (χ0n) is 12.2. The van der Waals surface area contributed by atoms with Gasteiger partial charge in [-0.25, -0.2) is 0 Å². The van der Waals surface area contributed by atoms with Crippen LogP contribution in [0.3, 0.4) is 0 Å². The number of hydrogen-bond acceptors (Lipinski definition) is 2. The first-order valence-electron chi connectivity index (χ1n) is 7.34. The van der Waals surface area contributed by atoms with Crippen molar-refractivity contribution in [1.82, 2.24) is 9.88 Å². The first-order chi connectivity index (χ1) is 9.76. The van der Waals surface area contributed by atoms with Gasteiger partial charge in [0, 0.05) is 31.4 Å². The lowest BCUT2D eigenvalue weighted by Crippen LogP contribution is -2.11. The number of rotatable bonds is 5. The van der Waals surface area contributed by atoms with E-state index in [0.29, 0.717) is 6.04 Å². The van der Waals surface area contributed by atoms with E-state index < -0.39 is 0 Å². The van der Waals surface area contributed by atoms with Crippen LogP contribution in [-0.2, 0) is 19.4 Å². The predicted octanol–water partition coefficient (Wildman–Crippen LogP) is 2.95. The van der Waals surface area contributed by atoms with E-state index in [1.54, 1.807) is 0 Å². The molecule has 1 aliphatic rings. The molecule has 2 aromatic rings. The molecule has 106 valence electrons. The Morgan fingerprint density at radius 1 is 1.35 bits per heavy atom. The first-order valence-corrected chi connectivity index (χ1v) is 7.34. The molecule has 0 saturated carbocycles. The third-order valence-corrected chi connectivity index (χ3v) is 4.12. The second-order valence-electron chi connectivity index (χ2n) is 5.48. The lowest BCUT2D eigenvalue weighted by atomic mass is 10.1. The zero-order valence-corrected chi connectivity index (χ0v) is 12.2. The van der Waals surface area contributed by atoms with Gasteiger partial charge in [-0.15, -0.1) is 0 Å². The summed E-state index contributed by atoms with van der Waals surface area (Å²) >= 11 is 0. The van der Waals surface area contributed by atoms with Gasteiger partial charge >= 0.3 is 0 Å². The van der Waals surface area contributed by atoms with Crippen LogP contribution in [0.25, 0.3) is 0 Å². The minimum absolute atomic E-state index is 0.411. The topological polar surface area (TPSA) is 26.2 Å². The van der Waals surface area contributed by atoms with Gasteiger partial charge in [0.1, 0.15) is 5.75 Å². The van der Waals surface area contributed by atoms with E-state index in [1.807, 2.05) is 7.05 Å². The molecule has 1 aliphatic heterocycles. The molecule has 2 heterocycles. The van der Waals surface area contributed by atoms with Crippen molar-refractivity contribution in [2.75, 3.05) is 13.7 Å². The van der Waals surface area contributed by atoms with Crippen LogP contribution in [0.4, 0.5) is 0 Å². The number of nitrogens with one attached hydrogen (secondary N) is 1. The number of aryl methyl sites for hydroxylation is 2. The van der Waals surface area contributed by atoms with Crippen molar-refractivity contribution in [3.05, 3.63) is 53.3 Å². The Labute approximate surface area is 120 Å². The summed E-state index contributed by atoms with van der Waals surface area (Å²) in [5, 5.41) is 3.27. The molecular weight excluding hydrogens is 248 g/mol. The van der Waals surface area contributed by atoms with E-state index in [-0.39, 0.29) is 0 Å². The van der Waals surface area contributed by atoms with Crippen molar-refractivity contribution in [3.63, 3.8) is 0 Å². The highest BCUT2D eigenvalue weighted by Crippen LogP contribution is 2.26. The Morgan fingerprint density at radius 3 is 3.10 bits per heavy atom. The molecule has 0 fully saturated rings. The van der Waals surface area contributed by atoms with Gasteiger partial charge < -0.3 is 14.6 Å². The van der Waals surface area contributed by atoms with Crippen LogP contribution in [0.1, 0.15) is 29.7 Å². The quantitative estimate of drug-likeness (QED) is 0.904. The molecule has 1 atom stereocenters. The second-order valence-corrected chi connectivity index (χ2v) is 5.48. The van der Waals surface area contributed by atoms with Crippen LogP contribution < -0.4 is 10.1 Å². The number of aromatic nitrogens is 1. The Kier molecular flexibility index (Phi) is 3.79. The molecule has 0 spiro atoms. The third kappa shape index (κ3) is 2.73. The highest BCUT2D eigenvalue weighted by atomic mass is 16.5. The fourth-order valence-corrected chi connectivity index (χ4v) is 2.67. The van der Waals surface area contributed by atoms with Gasteiger partial charge in [-0.1, -0.05) is 12.1 Å². The average molecular weight is 270 g/mol. The van der Waals surface area contributed by atoms with Gasteiger partial charge in [0.25, 0.3) is 0 Å². The lowest BCUT2D eigenvalue weighted by molar-refractivity contribution is 0.357. The van der Waals surface area contributed by atoms with Crippen molar-refractivity contribution in [2.24, 2.45) is 0 Å². The monoisotopic (exact) mass is 270 g/mol. The summed E-state index contributed by atoms with van der Waals surface area (Å²) in [6, 6.07) is 9.20. The van der Waals surface area contributed by atoms with Crippen LogP contribution in [0, 0.1) is 0 Å². The van der Waals surface area contributed by atoms with Crippen molar-refractivity contribution < 1.29 is 4.74 Å². The summed E-state index contributed by atoms with van der Waals surface area (Å²) in [7, 11) is 1.99. The largest absolute Gasteiger partial charge is 0.493 e. The Hall–Kier alpha value is -1.74. The third-order valence-electron chi connectivity index (χ3n) is 4.12. The number of ether oxygens (including phenoxy) is 1. The molecule has 0 radical (unpaired) electrons. The molecule has 1 N–H and O–H groups in total. The molecule has 0 aliphatic carbocycles. The van der Waals surface area contributed by atoms with E-state index in [4.69, 9.17) is 4.74 Å². The van der Waals surface area contributed by atoms with Gasteiger partial charge in [0.15, 0.2) is 0 Å². The van der Waals surface area contributed by atoms with Gasteiger partial charge in [-0.05, 0) is 49.2 Å². The van der Waals surface area contributed by atoms with Crippen molar-refractivity contribution >= 4 is 0 Å². The van der Waals surface area contributed by atoms with Gasteiger partial charge in [-0.2, -0.15) is 0 Å². The smallest absolute Gasteiger partial charge is 0.122 e. The van der Waals surface area contributed by atoms with Crippen molar-refractivity contribution in [1.29, 1.82) is 0 Å². The fraction of sp³-hybridized carbons (Fsp3) is 0.412. The maximum absolute atomic E-state index is 5.55. The number of hydrogen-bond donors (Lipinski definition) is 1. The summed E-state index contributed by atoms with van der Waals surface area (Å²) in [5.74, 6) is 1.07. The zero-order chi connectivity index (χ0) is 13.9. The first kappa shape index (κ1) is 13.3. The van der Waals surface area contributed by atoms with E-state index in [1.165, 1.54) is 16.7 Å². The highest BCUT2D eigenvalue weighted by Gasteiger charge is 2.12. The van der Waals surface area contributed by atoms with Gasteiger partial charge in [-0.3, -0.25) is 0 Å². The van der Waals surface area contributed by atoms with Crippen LogP contribution in [0.5, 0.6) is 5.75 Å². The fourth-order valence-electron chi connectivity index (χ4n) is 2.67. The van der Waals surface area contributed by atoms with Gasteiger partial charge in [0.2, 0.25) is 0 Å². The number of fused-ring (bicyclic) bond motifs is 1. The summed E-state index contributed by atoms with van der Waals surface area (Å²) < 4.78 is 7.82. The summed E-state index contributed by atoms with van der Waals surface area (Å²) in [4.78, 5) is 0. The summed E-state index contributed by atoms with van der Waals surface area (Å²) in [6.07, 6.45) is 6.52. The molecule has 0 saturated heterocycles. The minimum Gasteiger partial charge on any atom is -0.493 e. The molecule has 3 heteroatoms. The SMILES string of the molecule is CNC(C)c1ccn(CCc2ccc3c(c2)CCO3)c1. The molecule has 0 amide bonds. The Bertz CT molecular complexity index is 588. The van der Waals surface area contributed by atoms with Crippen LogP contribution in [-0.4, -0.2) is 18.2 Å². The van der Waals surface area contributed by atoms with E-state index >= 15 is 0 Å². The van der Waals surface area contributed by atoms with Crippen LogP contribution in [0.2, 0.25) is 0 Å². The molecule has 3 rings (SSSR count). The number of nitrogens with zero attached hydrogens (tertiary/aromatic N) is 1. The average Bonchev–Trinajstić information content (AvgIpc) is 3.12. The minimum atomic E-state index is 0.411. The van der Waals surface area contributed by atoms with E-state index in [2.05, 4.69) is 53.5 Å². The van der Waals surface area contributed by atoms with E-state index in [9.17, 15) is 0 Å². The van der Waals surface area contributed by atoms with Gasteiger partial charge in [0.05, 0.1) is 6.61 Å². The predicted molar refractivity (Wildman–Crippen MR) is 81.3 cm³/mol. The highest BCUT2D eigenvalue weighted by molar-refractivity contribution is 5.39. The second kappa shape index (κ2) is 5.71. The molecule has 3 nitrogen and oxygen atoms in total. The summed E-state index contributed by atoms with van der Waals surface area (Å²) in [5.41, 5.74) is 4.10. The molecule has 20 heavy (non-hydrogen) atoms. The summed E-state index contributed by atoms with van der Waals surface area (Å²) in [6.45, 7) is 4.04. The lowest BCUT2D eigenvalue weighted by Gasteiger charge is -2.08.